The molecule has 0 fully saturated rings. The summed E-state index contributed by atoms with van der Waals surface area (Å²) < 4.78 is 5.48. The Morgan fingerprint density at radius 2 is 0.630 bits per heavy atom. The lowest BCUT2D eigenvalue weighted by Gasteiger charge is -2.22. The van der Waals surface area contributed by atoms with Crippen molar-refractivity contribution in [2.24, 2.45) is 0 Å². The lowest BCUT2D eigenvalue weighted by atomic mass is 10.0. The van der Waals surface area contributed by atoms with Gasteiger partial charge in [-0.05, 0) is 77.0 Å². The molecular weight excluding hydrogens is 995 g/mol. The highest BCUT2D eigenvalue weighted by Gasteiger charge is 2.20. The van der Waals surface area contributed by atoms with E-state index in [1.165, 1.54) is 321 Å². The third-order valence-electron chi connectivity index (χ3n) is 17.2. The minimum atomic E-state index is -0.664. The largest absolute Gasteiger partial charge is 0.466 e. The van der Waals surface area contributed by atoms with Crippen LogP contribution in [0.25, 0.3) is 0 Å². The molecule has 81 heavy (non-hydrogen) atoms. The molecule has 0 saturated carbocycles. The van der Waals surface area contributed by atoms with Crippen molar-refractivity contribution in [3.05, 3.63) is 36.5 Å². The van der Waals surface area contributed by atoms with E-state index < -0.39 is 12.1 Å². The van der Waals surface area contributed by atoms with Gasteiger partial charge >= 0.3 is 5.97 Å². The van der Waals surface area contributed by atoms with Gasteiger partial charge in [0.05, 0.1) is 25.4 Å². The normalized spacial score (nSPS) is 12.7. The highest BCUT2D eigenvalue weighted by atomic mass is 16.5. The zero-order chi connectivity index (χ0) is 58.5. The predicted molar refractivity (Wildman–Crippen MR) is 356 cm³/mol. The Bertz CT molecular complexity index is 1310. The summed E-state index contributed by atoms with van der Waals surface area (Å²) in [5.74, 6) is -0.0255. The number of nitrogens with one attached hydrogen (secondary N) is 1. The number of carbonyl (C=O) groups is 2. The van der Waals surface area contributed by atoms with Gasteiger partial charge in [-0.2, -0.15) is 0 Å². The van der Waals surface area contributed by atoms with Crippen LogP contribution in [0.3, 0.4) is 0 Å². The van der Waals surface area contributed by atoms with Crippen molar-refractivity contribution in [2.45, 2.75) is 418 Å². The van der Waals surface area contributed by atoms with Crippen LogP contribution in [0.1, 0.15) is 406 Å². The number of esters is 1. The summed E-state index contributed by atoms with van der Waals surface area (Å²) >= 11 is 0. The summed E-state index contributed by atoms with van der Waals surface area (Å²) in [5.41, 5.74) is 0. The Morgan fingerprint density at radius 3 is 0.988 bits per heavy atom. The molecule has 6 nitrogen and oxygen atoms in total. The molecular formula is C75H143NO5. The number of aliphatic hydroxyl groups excluding tert-OH is 2. The number of amides is 1. The van der Waals surface area contributed by atoms with Crippen LogP contribution in [0.5, 0.6) is 0 Å². The number of ether oxygens (including phenoxy) is 1. The van der Waals surface area contributed by atoms with Crippen molar-refractivity contribution in [3.63, 3.8) is 0 Å². The highest BCUT2D eigenvalue weighted by Crippen LogP contribution is 2.19. The van der Waals surface area contributed by atoms with Crippen molar-refractivity contribution in [2.75, 3.05) is 13.2 Å². The Balaban J connectivity index is 3.36. The van der Waals surface area contributed by atoms with Crippen molar-refractivity contribution in [1.29, 1.82) is 0 Å². The standard InChI is InChI=1S/C75H143NO5/c1-3-5-7-9-11-13-15-17-19-20-34-37-40-43-47-51-55-59-63-67-73(78)72(71-77)76-74(79)68-64-60-56-52-48-44-41-38-35-32-30-28-26-24-22-21-23-25-27-29-31-33-36-39-42-46-50-54-58-62-66-70-81-75(80)69-65-61-57-53-49-45-18-16-14-12-10-8-6-4-2/h10,12,16,18,23,25,72-73,77-78H,3-9,11,13-15,17,19-22,24,26-71H2,1-2H3,(H,76,79)/b12-10-,18-16-,25-23-. The molecule has 0 aliphatic rings. The van der Waals surface area contributed by atoms with E-state index in [1.807, 2.05) is 0 Å². The summed E-state index contributed by atoms with van der Waals surface area (Å²) in [6.45, 7) is 4.94. The van der Waals surface area contributed by atoms with E-state index in [4.69, 9.17) is 4.74 Å². The maximum atomic E-state index is 12.5. The fraction of sp³-hybridized carbons (Fsp3) is 0.893. The molecule has 0 aromatic rings. The highest BCUT2D eigenvalue weighted by molar-refractivity contribution is 5.76. The maximum absolute atomic E-state index is 12.5. The van der Waals surface area contributed by atoms with E-state index in [1.54, 1.807) is 0 Å². The van der Waals surface area contributed by atoms with Crippen LogP contribution < -0.4 is 5.32 Å². The molecule has 0 bridgehead atoms. The van der Waals surface area contributed by atoms with E-state index in [-0.39, 0.29) is 18.5 Å². The number of allylic oxidation sites excluding steroid dienone is 6. The third kappa shape index (κ3) is 67.1. The lowest BCUT2D eigenvalue weighted by molar-refractivity contribution is -0.143. The molecule has 0 spiro atoms. The molecule has 3 N–H and O–H groups in total. The van der Waals surface area contributed by atoms with Gasteiger partial charge in [-0.25, -0.2) is 0 Å². The average molecular weight is 1140 g/mol. The second kappa shape index (κ2) is 70.6. The van der Waals surface area contributed by atoms with Crippen molar-refractivity contribution >= 4 is 11.9 Å². The molecule has 0 aliphatic carbocycles. The molecule has 0 aliphatic heterocycles. The molecule has 0 aromatic heterocycles. The molecule has 2 atom stereocenters. The molecule has 6 heteroatoms. The van der Waals surface area contributed by atoms with Crippen LogP contribution in [-0.4, -0.2) is 47.4 Å². The Hall–Kier alpha value is -1.92. The van der Waals surface area contributed by atoms with E-state index in [9.17, 15) is 19.8 Å². The first-order valence-corrected chi connectivity index (χ1v) is 36.7. The first kappa shape index (κ1) is 79.1. The van der Waals surface area contributed by atoms with Crippen molar-refractivity contribution < 1.29 is 24.5 Å². The van der Waals surface area contributed by atoms with Gasteiger partial charge in [0.25, 0.3) is 0 Å². The van der Waals surface area contributed by atoms with E-state index in [2.05, 4.69) is 55.6 Å². The smallest absolute Gasteiger partial charge is 0.305 e. The van der Waals surface area contributed by atoms with Gasteiger partial charge in [0, 0.05) is 12.8 Å². The minimum absolute atomic E-state index is 0.00345. The SMILES string of the molecule is CCCC/C=C\C/C=C\CCCCCCCC(=O)OCCCCCCCCCCCCCC/C=C\CCCCCCCCCCCCCCCCCC(=O)NC(CO)C(O)CCCCCCCCCCCCCCCCCCCCC. The zero-order valence-electron chi connectivity index (χ0n) is 54.8. The number of rotatable bonds is 69. The monoisotopic (exact) mass is 1140 g/mol. The van der Waals surface area contributed by atoms with Crippen LogP contribution >= 0.6 is 0 Å². The third-order valence-corrected chi connectivity index (χ3v) is 17.2. The molecule has 2 unspecified atom stereocenters. The zero-order valence-corrected chi connectivity index (χ0v) is 54.8. The van der Waals surface area contributed by atoms with E-state index >= 15 is 0 Å². The van der Waals surface area contributed by atoms with Gasteiger partial charge in [-0.3, -0.25) is 9.59 Å². The van der Waals surface area contributed by atoms with Gasteiger partial charge in [-0.1, -0.05) is 352 Å². The first-order chi connectivity index (χ1) is 40.0. The maximum Gasteiger partial charge on any atom is 0.305 e. The first-order valence-electron chi connectivity index (χ1n) is 36.7. The molecule has 0 radical (unpaired) electrons. The number of aliphatic hydroxyl groups is 2. The molecule has 0 heterocycles. The summed E-state index contributed by atoms with van der Waals surface area (Å²) in [6, 6.07) is -0.541. The molecule has 0 rings (SSSR count). The van der Waals surface area contributed by atoms with Gasteiger partial charge in [-0.15, -0.1) is 0 Å². The molecule has 0 aromatic carbocycles. The summed E-state index contributed by atoms with van der Waals surface area (Å²) in [4.78, 5) is 24.6. The molecule has 478 valence electrons. The molecule has 0 saturated heterocycles. The number of unbranched alkanes of at least 4 members (excludes halogenated alkanes) is 52. The Kier molecular flexibility index (Phi) is 68.9. The van der Waals surface area contributed by atoms with Crippen molar-refractivity contribution in [3.8, 4) is 0 Å². The van der Waals surface area contributed by atoms with Gasteiger partial charge in [0.2, 0.25) is 5.91 Å². The van der Waals surface area contributed by atoms with Gasteiger partial charge < -0.3 is 20.3 Å². The van der Waals surface area contributed by atoms with E-state index in [0.29, 0.717) is 25.9 Å². The van der Waals surface area contributed by atoms with Crippen LogP contribution in [0, 0.1) is 0 Å². The lowest BCUT2D eigenvalue weighted by Crippen LogP contribution is -2.45. The van der Waals surface area contributed by atoms with Gasteiger partial charge in [0.15, 0.2) is 0 Å². The summed E-state index contributed by atoms with van der Waals surface area (Å²) in [7, 11) is 0. The second-order valence-corrected chi connectivity index (χ2v) is 25.3. The van der Waals surface area contributed by atoms with Crippen LogP contribution in [0.15, 0.2) is 36.5 Å². The Labute approximate surface area is 506 Å². The minimum Gasteiger partial charge on any atom is -0.466 e. The number of hydrogen-bond acceptors (Lipinski definition) is 5. The van der Waals surface area contributed by atoms with Gasteiger partial charge in [0.1, 0.15) is 0 Å². The topological polar surface area (TPSA) is 95.9 Å². The van der Waals surface area contributed by atoms with Crippen LogP contribution in [-0.2, 0) is 14.3 Å². The predicted octanol–water partition coefficient (Wildman–Crippen LogP) is 23.9. The van der Waals surface area contributed by atoms with Crippen LogP contribution in [0.4, 0.5) is 0 Å². The second-order valence-electron chi connectivity index (χ2n) is 25.3. The van der Waals surface area contributed by atoms with E-state index in [0.717, 1.165) is 51.4 Å². The van der Waals surface area contributed by atoms with Crippen molar-refractivity contribution in [1.82, 2.24) is 5.32 Å². The average Bonchev–Trinajstić information content (AvgIpc) is 3.47. The number of hydrogen-bond donors (Lipinski definition) is 3. The summed E-state index contributed by atoms with van der Waals surface area (Å²) in [5, 5.41) is 23.4. The fourth-order valence-corrected chi connectivity index (χ4v) is 11.5. The molecule has 1 amide bonds. The quantitative estimate of drug-likeness (QED) is 0.0320. The summed E-state index contributed by atoms with van der Waals surface area (Å²) in [6.07, 6.45) is 90.6. The fourth-order valence-electron chi connectivity index (χ4n) is 11.5. The van der Waals surface area contributed by atoms with Crippen LogP contribution in [0.2, 0.25) is 0 Å². The number of carbonyl (C=O) groups excluding carboxylic acids is 2. The Morgan fingerprint density at radius 1 is 0.346 bits per heavy atom.